The van der Waals surface area contributed by atoms with Gasteiger partial charge in [0.05, 0.1) is 31.5 Å². The summed E-state index contributed by atoms with van der Waals surface area (Å²) < 4.78 is 39.1. The molecule has 1 amide bonds. The number of aryl methyl sites for hydroxylation is 1. The Morgan fingerprint density at radius 1 is 1.14 bits per heavy atom. The molecule has 0 saturated carbocycles. The van der Waals surface area contributed by atoms with Crippen molar-refractivity contribution in [1.29, 1.82) is 0 Å². The Bertz CT molecular complexity index is 1360. The van der Waals surface area contributed by atoms with E-state index in [0.29, 0.717) is 30.8 Å². The standard InChI is InChI=1S/C25H30N4O5S2/c1-16-7-9-22(34-4)23(12-16)36(31,32)29-11-5-6-18(14-29)24(30)27-19-13-17(8-10-21(19)33-3)20-15-35-25(26-2)28-20/h7-10,12-13,15,18H,5-6,11,14H2,1-4H3,(H,26,28)(H,27,30)/t18-/m1/s1. The van der Waals surface area contributed by atoms with Crippen LogP contribution in [0.15, 0.2) is 46.7 Å². The molecule has 0 radical (unpaired) electrons. The molecule has 192 valence electrons. The molecule has 0 bridgehead atoms. The molecule has 0 spiro atoms. The summed E-state index contributed by atoms with van der Waals surface area (Å²) in [6.45, 7) is 2.27. The Morgan fingerprint density at radius 2 is 1.89 bits per heavy atom. The van der Waals surface area contributed by atoms with Crippen molar-refractivity contribution in [3.8, 4) is 22.8 Å². The minimum Gasteiger partial charge on any atom is -0.495 e. The Morgan fingerprint density at radius 3 is 2.58 bits per heavy atom. The van der Waals surface area contributed by atoms with E-state index in [1.165, 1.54) is 29.9 Å². The van der Waals surface area contributed by atoms with Crippen LogP contribution >= 0.6 is 11.3 Å². The van der Waals surface area contributed by atoms with Crippen molar-refractivity contribution in [2.45, 2.75) is 24.7 Å². The lowest BCUT2D eigenvalue weighted by molar-refractivity contribution is -0.120. The second-order valence-corrected chi connectivity index (χ2v) is 11.3. The number of piperidine rings is 1. The van der Waals surface area contributed by atoms with Gasteiger partial charge in [-0.25, -0.2) is 13.4 Å². The van der Waals surface area contributed by atoms with Crippen molar-refractivity contribution in [2.75, 3.05) is 45.0 Å². The first-order valence-electron chi connectivity index (χ1n) is 11.5. The fraction of sp³-hybridized carbons (Fsp3) is 0.360. The second-order valence-electron chi connectivity index (χ2n) is 8.55. The largest absolute Gasteiger partial charge is 0.495 e. The third-order valence-corrected chi connectivity index (χ3v) is 8.91. The summed E-state index contributed by atoms with van der Waals surface area (Å²) in [6, 6.07) is 10.5. The van der Waals surface area contributed by atoms with Crippen LogP contribution in [-0.2, 0) is 14.8 Å². The van der Waals surface area contributed by atoms with E-state index in [-0.39, 0.29) is 23.1 Å². The number of carbonyl (C=O) groups is 1. The molecule has 1 saturated heterocycles. The maximum Gasteiger partial charge on any atom is 0.246 e. The number of aromatic nitrogens is 1. The molecule has 1 aromatic heterocycles. The fourth-order valence-corrected chi connectivity index (χ4v) is 6.67. The number of rotatable bonds is 8. The van der Waals surface area contributed by atoms with Gasteiger partial charge in [-0.15, -0.1) is 11.3 Å². The molecule has 1 atom stereocenters. The lowest BCUT2D eigenvalue weighted by Crippen LogP contribution is -2.43. The van der Waals surface area contributed by atoms with Gasteiger partial charge in [0, 0.05) is 31.1 Å². The zero-order chi connectivity index (χ0) is 25.9. The molecule has 1 fully saturated rings. The third-order valence-electron chi connectivity index (χ3n) is 6.16. The van der Waals surface area contributed by atoms with Crippen molar-refractivity contribution >= 4 is 38.1 Å². The Labute approximate surface area is 215 Å². The van der Waals surface area contributed by atoms with E-state index in [4.69, 9.17) is 9.47 Å². The maximum absolute atomic E-state index is 13.5. The summed E-state index contributed by atoms with van der Waals surface area (Å²) >= 11 is 1.49. The van der Waals surface area contributed by atoms with Gasteiger partial charge in [0.15, 0.2) is 5.13 Å². The predicted molar refractivity (Wildman–Crippen MR) is 141 cm³/mol. The fourth-order valence-electron chi connectivity index (χ4n) is 4.22. The van der Waals surface area contributed by atoms with Crippen molar-refractivity contribution in [2.24, 2.45) is 5.92 Å². The topological polar surface area (TPSA) is 110 Å². The van der Waals surface area contributed by atoms with Crippen molar-refractivity contribution in [3.05, 3.63) is 47.3 Å². The van der Waals surface area contributed by atoms with Crippen LogP contribution in [0.1, 0.15) is 18.4 Å². The monoisotopic (exact) mass is 530 g/mol. The molecule has 2 heterocycles. The first-order valence-corrected chi connectivity index (χ1v) is 13.9. The number of amides is 1. The molecule has 2 N–H and O–H groups in total. The Kier molecular flexibility index (Phi) is 7.82. The van der Waals surface area contributed by atoms with Crippen LogP contribution < -0.4 is 20.1 Å². The maximum atomic E-state index is 13.5. The average Bonchev–Trinajstić information content (AvgIpc) is 3.38. The highest BCUT2D eigenvalue weighted by atomic mass is 32.2. The van der Waals surface area contributed by atoms with Crippen LogP contribution in [-0.4, -0.2) is 58.0 Å². The van der Waals surface area contributed by atoms with Gasteiger partial charge in [0.25, 0.3) is 0 Å². The third kappa shape index (κ3) is 5.32. The second kappa shape index (κ2) is 10.9. The van der Waals surface area contributed by atoms with Gasteiger partial charge in [0.1, 0.15) is 16.4 Å². The van der Waals surface area contributed by atoms with Crippen LogP contribution in [0.25, 0.3) is 11.3 Å². The van der Waals surface area contributed by atoms with E-state index in [0.717, 1.165) is 22.0 Å². The number of methoxy groups -OCH3 is 2. The number of nitrogens with one attached hydrogen (secondary N) is 2. The minimum atomic E-state index is -3.83. The van der Waals surface area contributed by atoms with Crippen LogP contribution in [0.4, 0.5) is 10.8 Å². The van der Waals surface area contributed by atoms with E-state index < -0.39 is 15.9 Å². The molecule has 1 aliphatic heterocycles. The molecular formula is C25H30N4O5S2. The average molecular weight is 531 g/mol. The summed E-state index contributed by atoms with van der Waals surface area (Å²) in [5.74, 6) is 0.0433. The smallest absolute Gasteiger partial charge is 0.246 e. The van der Waals surface area contributed by atoms with Crippen molar-refractivity contribution in [3.63, 3.8) is 0 Å². The predicted octanol–water partition coefficient (Wildman–Crippen LogP) is 4.22. The Hall–Kier alpha value is -3.15. The summed E-state index contributed by atoms with van der Waals surface area (Å²) in [6.07, 6.45) is 1.16. The highest BCUT2D eigenvalue weighted by molar-refractivity contribution is 7.89. The van der Waals surface area contributed by atoms with Crippen LogP contribution in [0, 0.1) is 12.8 Å². The van der Waals surface area contributed by atoms with Crippen molar-refractivity contribution < 1.29 is 22.7 Å². The van der Waals surface area contributed by atoms with Gasteiger partial charge in [-0.3, -0.25) is 4.79 Å². The van der Waals surface area contributed by atoms with E-state index >= 15 is 0 Å². The van der Waals surface area contributed by atoms with E-state index in [2.05, 4.69) is 15.6 Å². The SMILES string of the molecule is CNc1nc(-c2ccc(OC)c(NC(=O)[C@@H]3CCCN(S(=O)(=O)c4cc(C)ccc4OC)C3)c2)cs1. The number of ether oxygens (including phenoxy) is 2. The normalized spacial score (nSPS) is 16.4. The summed E-state index contributed by atoms with van der Waals surface area (Å²) in [7, 11) is 0.964. The lowest BCUT2D eigenvalue weighted by Gasteiger charge is -2.31. The molecular weight excluding hydrogens is 500 g/mol. The van der Waals surface area contributed by atoms with E-state index in [1.54, 1.807) is 24.3 Å². The number of benzene rings is 2. The summed E-state index contributed by atoms with van der Waals surface area (Å²) in [5.41, 5.74) is 2.95. The van der Waals surface area contributed by atoms with Gasteiger partial charge in [-0.1, -0.05) is 6.07 Å². The molecule has 1 aliphatic rings. The first-order chi connectivity index (χ1) is 17.3. The Balaban J connectivity index is 1.54. The molecule has 2 aromatic carbocycles. The number of thiazole rings is 1. The zero-order valence-electron chi connectivity index (χ0n) is 20.7. The van der Waals surface area contributed by atoms with Gasteiger partial charge in [0.2, 0.25) is 15.9 Å². The quantitative estimate of drug-likeness (QED) is 0.449. The lowest BCUT2D eigenvalue weighted by atomic mass is 9.98. The van der Waals surface area contributed by atoms with Crippen LogP contribution in [0.5, 0.6) is 11.5 Å². The van der Waals surface area contributed by atoms with Crippen LogP contribution in [0.2, 0.25) is 0 Å². The summed E-state index contributed by atoms with van der Waals surface area (Å²) in [4.78, 5) is 17.9. The van der Waals surface area contributed by atoms with Crippen molar-refractivity contribution in [1.82, 2.24) is 9.29 Å². The minimum absolute atomic E-state index is 0.0882. The molecule has 3 aromatic rings. The molecule has 4 rings (SSSR count). The molecule has 0 aliphatic carbocycles. The number of sulfonamides is 1. The number of hydrogen-bond acceptors (Lipinski definition) is 8. The molecule has 36 heavy (non-hydrogen) atoms. The molecule has 9 nitrogen and oxygen atoms in total. The first kappa shape index (κ1) is 25.9. The zero-order valence-corrected chi connectivity index (χ0v) is 22.3. The number of nitrogens with zero attached hydrogens (tertiary/aromatic N) is 2. The molecule has 0 unspecified atom stereocenters. The number of hydrogen-bond donors (Lipinski definition) is 2. The van der Waals surface area contributed by atoms with Crippen LogP contribution in [0.3, 0.4) is 0 Å². The summed E-state index contributed by atoms with van der Waals surface area (Å²) in [5, 5.41) is 8.70. The number of anilines is 2. The van der Waals surface area contributed by atoms with Gasteiger partial charge in [-0.05, 0) is 55.7 Å². The number of carbonyl (C=O) groups excluding carboxylic acids is 1. The van der Waals surface area contributed by atoms with E-state index in [1.807, 2.05) is 31.5 Å². The van der Waals surface area contributed by atoms with Gasteiger partial charge in [-0.2, -0.15) is 4.31 Å². The van der Waals surface area contributed by atoms with Gasteiger partial charge < -0.3 is 20.1 Å². The highest BCUT2D eigenvalue weighted by Gasteiger charge is 2.35. The van der Waals surface area contributed by atoms with Gasteiger partial charge >= 0.3 is 0 Å². The van der Waals surface area contributed by atoms with E-state index in [9.17, 15) is 13.2 Å². The highest BCUT2D eigenvalue weighted by Crippen LogP contribution is 2.34. The molecule has 11 heteroatoms.